The molecule has 0 saturated heterocycles. The van der Waals surface area contributed by atoms with Crippen LogP contribution in [-0.2, 0) is 14.3 Å². The number of carboxylic acids is 1. The van der Waals surface area contributed by atoms with Crippen molar-refractivity contribution in [3.63, 3.8) is 0 Å². The highest BCUT2D eigenvalue weighted by molar-refractivity contribution is 5.69. The molecule has 0 aliphatic heterocycles. The second kappa shape index (κ2) is 28.3. The molecule has 36 heavy (non-hydrogen) atoms. The predicted octanol–water partition coefficient (Wildman–Crippen LogP) is 10.3. The molecule has 0 bridgehead atoms. The van der Waals surface area contributed by atoms with E-state index in [4.69, 9.17) is 9.84 Å². The van der Waals surface area contributed by atoms with Crippen molar-refractivity contribution in [3.05, 3.63) is 12.2 Å². The number of carbonyl (C=O) groups is 2. The molecular formula is C32H60O4. The highest BCUT2D eigenvalue weighted by Crippen LogP contribution is 2.15. The summed E-state index contributed by atoms with van der Waals surface area (Å²) in [6.45, 7) is 4.51. The molecule has 1 unspecified atom stereocenters. The fraction of sp³-hybridized carbons (Fsp3) is 0.875. The van der Waals surface area contributed by atoms with E-state index in [1.165, 1.54) is 96.3 Å². The van der Waals surface area contributed by atoms with Gasteiger partial charge in [-0.3, -0.25) is 9.59 Å². The first-order valence-electron chi connectivity index (χ1n) is 15.7. The van der Waals surface area contributed by atoms with Gasteiger partial charge in [0.1, 0.15) is 6.10 Å². The first-order valence-corrected chi connectivity index (χ1v) is 15.7. The molecule has 0 aliphatic carbocycles. The standard InChI is InChI=1S/C32H60O4/c1-3-5-7-9-11-13-14-15-17-19-25-29-32(35)36-30(27-23-20-21-24-28-31(33)34)26-22-18-16-12-10-8-6-4-2/h22,26,30H,3-21,23-25,27-29H2,1-2H3,(H,33,34)/b26-22-. The van der Waals surface area contributed by atoms with Crippen molar-refractivity contribution in [1.82, 2.24) is 0 Å². The summed E-state index contributed by atoms with van der Waals surface area (Å²) >= 11 is 0. The van der Waals surface area contributed by atoms with Gasteiger partial charge in [-0.05, 0) is 44.6 Å². The highest BCUT2D eigenvalue weighted by atomic mass is 16.5. The first-order chi connectivity index (χ1) is 17.6. The zero-order chi connectivity index (χ0) is 26.5. The van der Waals surface area contributed by atoms with Crippen LogP contribution in [0.25, 0.3) is 0 Å². The monoisotopic (exact) mass is 508 g/mol. The normalized spacial score (nSPS) is 12.3. The molecule has 0 amide bonds. The van der Waals surface area contributed by atoms with Crippen LogP contribution in [0.15, 0.2) is 12.2 Å². The van der Waals surface area contributed by atoms with E-state index < -0.39 is 5.97 Å². The molecule has 0 aromatic heterocycles. The third-order valence-corrected chi connectivity index (χ3v) is 6.97. The molecule has 4 nitrogen and oxygen atoms in total. The van der Waals surface area contributed by atoms with Crippen LogP contribution < -0.4 is 0 Å². The van der Waals surface area contributed by atoms with Crippen molar-refractivity contribution in [3.8, 4) is 0 Å². The second-order valence-electron chi connectivity index (χ2n) is 10.6. The quantitative estimate of drug-likeness (QED) is 0.0648. The van der Waals surface area contributed by atoms with E-state index >= 15 is 0 Å². The first kappa shape index (κ1) is 34.7. The van der Waals surface area contributed by atoms with Gasteiger partial charge in [-0.15, -0.1) is 0 Å². The van der Waals surface area contributed by atoms with Crippen LogP contribution in [0.5, 0.6) is 0 Å². The van der Waals surface area contributed by atoms with E-state index in [1.54, 1.807) is 0 Å². The fourth-order valence-electron chi connectivity index (χ4n) is 4.62. The average Bonchev–Trinajstić information content (AvgIpc) is 2.85. The van der Waals surface area contributed by atoms with Crippen molar-refractivity contribution in [2.24, 2.45) is 0 Å². The van der Waals surface area contributed by atoms with Crippen LogP contribution in [0.2, 0.25) is 0 Å². The van der Waals surface area contributed by atoms with E-state index in [9.17, 15) is 9.59 Å². The molecule has 1 atom stereocenters. The summed E-state index contributed by atoms with van der Waals surface area (Å²) in [6, 6.07) is 0. The number of carboxylic acid groups (broad SMARTS) is 1. The molecule has 0 rings (SSSR count). The van der Waals surface area contributed by atoms with Crippen molar-refractivity contribution in [2.45, 2.75) is 180 Å². The zero-order valence-corrected chi connectivity index (χ0v) is 24.1. The number of esters is 1. The molecular weight excluding hydrogens is 448 g/mol. The van der Waals surface area contributed by atoms with Gasteiger partial charge >= 0.3 is 11.9 Å². The Bertz CT molecular complexity index is 514. The lowest BCUT2D eigenvalue weighted by molar-refractivity contribution is -0.147. The second-order valence-corrected chi connectivity index (χ2v) is 10.6. The van der Waals surface area contributed by atoms with Crippen LogP contribution in [0.3, 0.4) is 0 Å². The number of ether oxygens (including phenoxy) is 1. The summed E-state index contributed by atoms with van der Waals surface area (Å²) in [5.41, 5.74) is 0. The topological polar surface area (TPSA) is 63.6 Å². The van der Waals surface area contributed by atoms with Gasteiger partial charge in [0.05, 0.1) is 0 Å². The molecule has 0 saturated carbocycles. The summed E-state index contributed by atoms with van der Waals surface area (Å²) in [5.74, 6) is -0.784. The average molecular weight is 509 g/mol. The van der Waals surface area contributed by atoms with Gasteiger partial charge in [0.2, 0.25) is 0 Å². The van der Waals surface area contributed by atoms with Crippen molar-refractivity contribution < 1.29 is 19.4 Å². The number of allylic oxidation sites excluding steroid dienone is 1. The Morgan fingerprint density at radius 1 is 0.611 bits per heavy atom. The summed E-state index contributed by atoms with van der Waals surface area (Å²) in [6.07, 6.45) is 32.3. The minimum absolute atomic E-state index is 0.0639. The molecule has 0 spiro atoms. The lowest BCUT2D eigenvalue weighted by atomic mass is 10.1. The molecule has 0 aromatic rings. The van der Waals surface area contributed by atoms with Crippen LogP contribution >= 0.6 is 0 Å². The van der Waals surface area contributed by atoms with Gasteiger partial charge in [0, 0.05) is 12.8 Å². The zero-order valence-electron chi connectivity index (χ0n) is 24.1. The number of hydrogen-bond acceptors (Lipinski definition) is 3. The van der Waals surface area contributed by atoms with E-state index in [2.05, 4.69) is 26.0 Å². The highest BCUT2D eigenvalue weighted by Gasteiger charge is 2.11. The number of unbranched alkanes of at least 4 members (excludes halogenated alkanes) is 19. The summed E-state index contributed by atoms with van der Waals surface area (Å²) in [4.78, 5) is 23.1. The maximum Gasteiger partial charge on any atom is 0.306 e. The van der Waals surface area contributed by atoms with Gasteiger partial charge in [-0.25, -0.2) is 0 Å². The lowest BCUT2D eigenvalue weighted by Gasteiger charge is -2.15. The van der Waals surface area contributed by atoms with E-state index in [0.717, 1.165) is 51.4 Å². The molecule has 1 N–H and O–H groups in total. The summed E-state index contributed by atoms with van der Waals surface area (Å²) in [7, 11) is 0. The molecule has 0 aromatic carbocycles. The van der Waals surface area contributed by atoms with E-state index in [-0.39, 0.29) is 18.5 Å². The smallest absolute Gasteiger partial charge is 0.306 e. The minimum Gasteiger partial charge on any atom is -0.481 e. The Labute approximate surface area is 224 Å². The van der Waals surface area contributed by atoms with Crippen LogP contribution in [0.1, 0.15) is 174 Å². The van der Waals surface area contributed by atoms with E-state index in [0.29, 0.717) is 6.42 Å². The molecule has 0 fully saturated rings. The Balaban J connectivity index is 4.08. The number of aliphatic carboxylic acids is 1. The van der Waals surface area contributed by atoms with Gasteiger partial charge in [0.15, 0.2) is 0 Å². The lowest BCUT2D eigenvalue weighted by Crippen LogP contribution is -2.16. The van der Waals surface area contributed by atoms with Gasteiger partial charge < -0.3 is 9.84 Å². The van der Waals surface area contributed by atoms with Crippen molar-refractivity contribution >= 4 is 11.9 Å². The Kier molecular flexibility index (Phi) is 27.2. The largest absolute Gasteiger partial charge is 0.481 e. The van der Waals surface area contributed by atoms with Crippen LogP contribution in [0, 0.1) is 0 Å². The maximum absolute atomic E-state index is 12.4. The third-order valence-electron chi connectivity index (χ3n) is 6.97. The third kappa shape index (κ3) is 27.3. The minimum atomic E-state index is -0.721. The maximum atomic E-state index is 12.4. The van der Waals surface area contributed by atoms with E-state index in [1.807, 2.05) is 0 Å². The number of hydrogen-bond donors (Lipinski definition) is 1. The van der Waals surface area contributed by atoms with Gasteiger partial charge in [0.25, 0.3) is 0 Å². The molecule has 4 heteroatoms. The fourth-order valence-corrected chi connectivity index (χ4v) is 4.62. The Morgan fingerprint density at radius 2 is 1.06 bits per heavy atom. The predicted molar refractivity (Wildman–Crippen MR) is 153 cm³/mol. The van der Waals surface area contributed by atoms with Crippen molar-refractivity contribution in [2.75, 3.05) is 0 Å². The summed E-state index contributed by atoms with van der Waals surface area (Å²) < 4.78 is 5.83. The number of carbonyl (C=O) groups excluding carboxylic acids is 1. The van der Waals surface area contributed by atoms with Crippen LogP contribution in [0.4, 0.5) is 0 Å². The number of rotatable bonds is 28. The Morgan fingerprint density at radius 3 is 1.58 bits per heavy atom. The van der Waals surface area contributed by atoms with Gasteiger partial charge in [-0.2, -0.15) is 0 Å². The summed E-state index contributed by atoms with van der Waals surface area (Å²) in [5, 5.41) is 8.77. The SMILES string of the molecule is CCCCCCCC/C=C\C(CCCCCCC(=O)O)OC(=O)CCCCCCCCCCCCC. The van der Waals surface area contributed by atoms with Crippen molar-refractivity contribution in [1.29, 1.82) is 0 Å². The molecule has 0 heterocycles. The van der Waals surface area contributed by atoms with Crippen LogP contribution in [-0.4, -0.2) is 23.1 Å². The van der Waals surface area contributed by atoms with Gasteiger partial charge in [-0.1, -0.05) is 129 Å². The molecule has 0 radical (unpaired) electrons. The Hall–Kier alpha value is -1.32. The molecule has 212 valence electrons. The molecule has 0 aliphatic rings.